The number of nitrogens with zero attached hydrogens (tertiary/aromatic N) is 5. The van der Waals surface area contributed by atoms with E-state index in [1.807, 2.05) is 0 Å². The molecule has 0 fully saturated rings. The maximum Gasteiger partial charge on any atom is 0.175 e. The van der Waals surface area contributed by atoms with E-state index in [-0.39, 0.29) is 5.82 Å². The molecule has 0 aliphatic carbocycles. The summed E-state index contributed by atoms with van der Waals surface area (Å²) in [6.45, 7) is 0. The van der Waals surface area contributed by atoms with Crippen LogP contribution in [0.5, 0.6) is 0 Å². The van der Waals surface area contributed by atoms with E-state index in [0.717, 1.165) is 0 Å². The third kappa shape index (κ3) is 1.83. The quantitative estimate of drug-likeness (QED) is 0.741. The van der Waals surface area contributed by atoms with E-state index in [4.69, 9.17) is 11.5 Å². The standard InChI is InChI=1S/C9H11N7/c1-16-9(11)7(8(10)15-16)14-13-6-2-4-12-5-3-6/h2-5H,11H2,1H3,(H2,10,15). The zero-order chi connectivity index (χ0) is 11.5. The molecular formula is C9H11N7. The van der Waals surface area contributed by atoms with Crippen LogP contribution < -0.4 is 11.5 Å². The van der Waals surface area contributed by atoms with Crippen LogP contribution in [0.3, 0.4) is 0 Å². The van der Waals surface area contributed by atoms with Crippen LogP contribution in [0, 0.1) is 0 Å². The molecule has 0 unspecified atom stereocenters. The van der Waals surface area contributed by atoms with Crippen LogP contribution in [-0.2, 0) is 7.05 Å². The van der Waals surface area contributed by atoms with Gasteiger partial charge in [-0.15, -0.1) is 5.11 Å². The fourth-order valence-corrected chi connectivity index (χ4v) is 1.17. The van der Waals surface area contributed by atoms with Gasteiger partial charge < -0.3 is 11.5 Å². The highest BCUT2D eigenvalue weighted by Crippen LogP contribution is 2.29. The van der Waals surface area contributed by atoms with E-state index in [1.54, 1.807) is 31.6 Å². The number of azo groups is 1. The molecule has 2 heterocycles. The van der Waals surface area contributed by atoms with Crippen LogP contribution in [0.2, 0.25) is 0 Å². The van der Waals surface area contributed by atoms with Gasteiger partial charge in [0.1, 0.15) is 0 Å². The number of hydrogen-bond donors (Lipinski definition) is 2. The highest BCUT2D eigenvalue weighted by atomic mass is 15.3. The van der Waals surface area contributed by atoms with Crippen molar-refractivity contribution in [2.75, 3.05) is 11.5 Å². The van der Waals surface area contributed by atoms with Crippen molar-refractivity contribution in [3.8, 4) is 0 Å². The molecule has 0 amide bonds. The molecular weight excluding hydrogens is 206 g/mol. The Morgan fingerprint density at radius 1 is 1.19 bits per heavy atom. The molecule has 82 valence electrons. The van der Waals surface area contributed by atoms with Gasteiger partial charge in [0, 0.05) is 19.4 Å². The topological polar surface area (TPSA) is 107 Å². The Bertz CT molecular complexity index is 514. The van der Waals surface area contributed by atoms with E-state index in [1.165, 1.54) is 4.68 Å². The lowest BCUT2D eigenvalue weighted by atomic mass is 10.4. The molecule has 0 aliphatic heterocycles. The number of nitrogens with two attached hydrogens (primary N) is 2. The SMILES string of the molecule is Cn1nc(N)c(N=Nc2ccncc2)c1N. The average molecular weight is 217 g/mol. The summed E-state index contributed by atoms with van der Waals surface area (Å²) in [4.78, 5) is 3.87. The van der Waals surface area contributed by atoms with E-state index < -0.39 is 0 Å². The van der Waals surface area contributed by atoms with Crippen LogP contribution in [0.25, 0.3) is 0 Å². The first-order valence-electron chi connectivity index (χ1n) is 4.58. The molecule has 0 aromatic carbocycles. The summed E-state index contributed by atoms with van der Waals surface area (Å²) in [5, 5.41) is 11.9. The van der Waals surface area contributed by atoms with Crippen molar-refractivity contribution in [1.82, 2.24) is 14.8 Å². The Kier molecular flexibility index (Phi) is 2.50. The summed E-state index contributed by atoms with van der Waals surface area (Å²) in [6, 6.07) is 3.46. The van der Waals surface area contributed by atoms with Gasteiger partial charge in [0.05, 0.1) is 5.69 Å². The van der Waals surface area contributed by atoms with Crippen molar-refractivity contribution >= 4 is 23.0 Å². The molecule has 7 nitrogen and oxygen atoms in total. The smallest absolute Gasteiger partial charge is 0.175 e. The molecule has 0 radical (unpaired) electrons. The molecule has 4 N–H and O–H groups in total. The Hall–Kier alpha value is -2.44. The first-order chi connectivity index (χ1) is 7.68. The second-order valence-corrected chi connectivity index (χ2v) is 3.15. The first-order valence-corrected chi connectivity index (χ1v) is 4.58. The Morgan fingerprint density at radius 2 is 1.88 bits per heavy atom. The highest BCUT2D eigenvalue weighted by Gasteiger charge is 2.09. The van der Waals surface area contributed by atoms with Crippen LogP contribution >= 0.6 is 0 Å². The van der Waals surface area contributed by atoms with Gasteiger partial charge in [-0.25, -0.2) is 4.68 Å². The fraction of sp³-hybridized carbons (Fsp3) is 0.111. The lowest BCUT2D eigenvalue weighted by Gasteiger charge is -1.93. The molecule has 0 spiro atoms. The van der Waals surface area contributed by atoms with E-state index in [9.17, 15) is 0 Å². The molecule has 2 aromatic heterocycles. The Morgan fingerprint density at radius 3 is 2.44 bits per heavy atom. The summed E-state index contributed by atoms with van der Waals surface area (Å²) in [6.07, 6.45) is 3.26. The van der Waals surface area contributed by atoms with Gasteiger partial charge in [0.2, 0.25) is 0 Å². The summed E-state index contributed by atoms with van der Waals surface area (Å²) < 4.78 is 1.45. The van der Waals surface area contributed by atoms with Gasteiger partial charge in [-0.05, 0) is 12.1 Å². The normalized spacial score (nSPS) is 11.1. The second kappa shape index (κ2) is 3.97. The van der Waals surface area contributed by atoms with Gasteiger partial charge >= 0.3 is 0 Å². The average Bonchev–Trinajstić information content (AvgIpc) is 2.53. The lowest BCUT2D eigenvalue weighted by Crippen LogP contribution is -1.97. The molecule has 7 heteroatoms. The monoisotopic (exact) mass is 217 g/mol. The van der Waals surface area contributed by atoms with Crippen molar-refractivity contribution in [2.45, 2.75) is 0 Å². The molecule has 2 aromatic rings. The summed E-state index contributed by atoms with van der Waals surface area (Å²) in [5.41, 5.74) is 12.4. The molecule has 0 saturated heterocycles. The molecule has 2 rings (SSSR count). The minimum absolute atomic E-state index is 0.262. The first kappa shape index (κ1) is 10.1. The summed E-state index contributed by atoms with van der Waals surface area (Å²) >= 11 is 0. The third-order valence-electron chi connectivity index (χ3n) is 2.02. The second-order valence-electron chi connectivity index (χ2n) is 3.15. The zero-order valence-electron chi connectivity index (χ0n) is 8.70. The number of rotatable bonds is 2. The fourth-order valence-electron chi connectivity index (χ4n) is 1.17. The van der Waals surface area contributed by atoms with Crippen LogP contribution in [0.15, 0.2) is 34.8 Å². The van der Waals surface area contributed by atoms with Gasteiger partial charge in [0.15, 0.2) is 17.3 Å². The number of hydrogen-bond acceptors (Lipinski definition) is 6. The van der Waals surface area contributed by atoms with Crippen molar-refractivity contribution in [3.63, 3.8) is 0 Å². The molecule has 0 atom stereocenters. The minimum Gasteiger partial charge on any atom is -0.382 e. The predicted molar refractivity (Wildman–Crippen MR) is 60.4 cm³/mol. The maximum atomic E-state index is 5.72. The van der Waals surface area contributed by atoms with E-state index in [0.29, 0.717) is 17.2 Å². The van der Waals surface area contributed by atoms with Gasteiger partial charge in [0.25, 0.3) is 0 Å². The molecule has 0 saturated carbocycles. The van der Waals surface area contributed by atoms with Crippen molar-refractivity contribution < 1.29 is 0 Å². The maximum absolute atomic E-state index is 5.72. The number of aryl methyl sites for hydroxylation is 1. The number of aromatic nitrogens is 3. The minimum atomic E-state index is 0.262. The van der Waals surface area contributed by atoms with Crippen molar-refractivity contribution in [1.29, 1.82) is 0 Å². The molecule has 0 bridgehead atoms. The number of nitrogen functional groups attached to an aromatic ring is 2. The van der Waals surface area contributed by atoms with E-state index in [2.05, 4.69) is 20.3 Å². The van der Waals surface area contributed by atoms with Gasteiger partial charge in [-0.2, -0.15) is 10.2 Å². The number of pyridine rings is 1. The van der Waals surface area contributed by atoms with E-state index >= 15 is 0 Å². The molecule has 0 aliphatic rings. The van der Waals surface area contributed by atoms with Crippen molar-refractivity contribution in [2.24, 2.45) is 17.3 Å². The lowest BCUT2D eigenvalue weighted by molar-refractivity contribution is 0.783. The van der Waals surface area contributed by atoms with Crippen LogP contribution in [0.4, 0.5) is 23.0 Å². The predicted octanol–water partition coefficient (Wildman–Crippen LogP) is 1.39. The largest absolute Gasteiger partial charge is 0.382 e. The van der Waals surface area contributed by atoms with Gasteiger partial charge in [-0.1, -0.05) is 0 Å². The zero-order valence-corrected chi connectivity index (χ0v) is 8.70. The van der Waals surface area contributed by atoms with Crippen LogP contribution in [-0.4, -0.2) is 14.8 Å². The number of anilines is 2. The highest BCUT2D eigenvalue weighted by molar-refractivity contribution is 5.70. The molecule has 16 heavy (non-hydrogen) atoms. The van der Waals surface area contributed by atoms with Crippen LogP contribution in [0.1, 0.15) is 0 Å². The van der Waals surface area contributed by atoms with Crippen molar-refractivity contribution in [3.05, 3.63) is 24.5 Å². The Labute approximate surface area is 91.8 Å². The summed E-state index contributed by atoms with van der Waals surface area (Å²) in [7, 11) is 1.69. The van der Waals surface area contributed by atoms with Gasteiger partial charge in [-0.3, -0.25) is 4.98 Å². The Balaban J connectivity index is 2.31. The summed E-state index contributed by atoms with van der Waals surface area (Å²) in [5.74, 6) is 0.646. The third-order valence-corrected chi connectivity index (χ3v) is 2.02.